The first-order chi connectivity index (χ1) is 14.0. The third-order valence-corrected chi connectivity index (χ3v) is 5.61. The molecule has 0 atom stereocenters. The van der Waals surface area contributed by atoms with Crippen LogP contribution in [0.2, 0.25) is 0 Å². The van der Waals surface area contributed by atoms with Crippen molar-refractivity contribution in [3.05, 3.63) is 87.4 Å². The smallest absolute Gasteiger partial charge is 0.362 e. The fourth-order valence-corrected chi connectivity index (χ4v) is 4.20. The fraction of sp³-hybridized carbons (Fsp3) is 0.200. The van der Waals surface area contributed by atoms with Crippen molar-refractivity contribution in [3.8, 4) is 0 Å². The molecule has 0 aliphatic heterocycles. The number of fused-ring (bicyclic) bond motifs is 5. The van der Waals surface area contributed by atoms with Gasteiger partial charge in [-0.05, 0) is 55.7 Å². The van der Waals surface area contributed by atoms with Gasteiger partial charge in [-0.25, -0.2) is 9.78 Å². The maximum absolute atomic E-state index is 13.1. The van der Waals surface area contributed by atoms with Gasteiger partial charge in [-0.1, -0.05) is 42.8 Å². The highest BCUT2D eigenvalue weighted by molar-refractivity contribution is 6.18. The molecule has 0 aliphatic rings. The Morgan fingerprint density at radius 1 is 0.966 bits per heavy atom. The molecule has 0 N–H and O–H groups in total. The first kappa shape index (κ1) is 17.7. The number of hydrogen-bond donors (Lipinski definition) is 0. The van der Waals surface area contributed by atoms with Gasteiger partial charge in [-0.3, -0.25) is 0 Å². The standard InChI is InChI=1S/C25H22N2O2/c1-4-17-9-11-21-20(13-17)22-19-10-8-16(3)26-24(19)29-25(28)23(22)27(21)14-18-7-5-6-15(2)12-18/h5-13H,4,14H2,1-3H3. The molecule has 0 radical (unpaired) electrons. The van der Waals surface area contributed by atoms with E-state index in [2.05, 4.69) is 65.9 Å². The van der Waals surface area contributed by atoms with Crippen LogP contribution in [0.1, 0.15) is 29.3 Å². The topological polar surface area (TPSA) is 48.0 Å². The van der Waals surface area contributed by atoms with Crippen LogP contribution in [-0.2, 0) is 13.0 Å². The number of hydrogen-bond acceptors (Lipinski definition) is 3. The lowest BCUT2D eigenvalue weighted by molar-refractivity contribution is 0.552. The third kappa shape index (κ3) is 2.83. The first-order valence-corrected chi connectivity index (χ1v) is 9.96. The van der Waals surface area contributed by atoms with Crippen LogP contribution in [0.25, 0.3) is 32.9 Å². The summed E-state index contributed by atoms with van der Waals surface area (Å²) in [6.45, 7) is 6.74. The lowest BCUT2D eigenvalue weighted by atomic mass is 10.1. The second-order valence-corrected chi connectivity index (χ2v) is 7.70. The van der Waals surface area contributed by atoms with Crippen LogP contribution in [0.3, 0.4) is 0 Å². The van der Waals surface area contributed by atoms with Crippen LogP contribution in [0.4, 0.5) is 0 Å². The maximum atomic E-state index is 13.1. The van der Waals surface area contributed by atoms with Crippen LogP contribution in [0.15, 0.2) is 63.8 Å². The van der Waals surface area contributed by atoms with E-state index >= 15 is 0 Å². The summed E-state index contributed by atoms with van der Waals surface area (Å²) in [6, 6.07) is 18.8. The zero-order valence-electron chi connectivity index (χ0n) is 16.8. The highest BCUT2D eigenvalue weighted by Gasteiger charge is 2.19. The average Bonchev–Trinajstić information content (AvgIpc) is 3.02. The average molecular weight is 382 g/mol. The summed E-state index contributed by atoms with van der Waals surface area (Å²) in [5.41, 5.74) is 6.14. The normalized spacial score (nSPS) is 11.7. The van der Waals surface area contributed by atoms with Crippen molar-refractivity contribution in [1.29, 1.82) is 0 Å². The Morgan fingerprint density at radius 2 is 1.83 bits per heavy atom. The molecule has 0 saturated carbocycles. The highest BCUT2D eigenvalue weighted by Crippen LogP contribution is 2.34. The molecule has 3 aromatic heterocycles. The molecule has 0 amide bonds. The molecular weight excluding hydrogens is 360 g/mol. The molecule has 5 aromatic rings. The van der Waals surface area contributed by atoms with Crippen molar-refractivity contribution in [2.24, 2.45) is 0 Å². The van der Waals surface area contributed by atoms with Crippen molar-refractivity contribution in [1.82, 2.24) is 9.55 Å². The number of nitrogens with zero attached hydrogens (tertiary/aromatic N) is 2. The van der Waals surface area contributed by atoms with Crippen molar-refractivity contribution >= 4 is 32.9 Å². The maximum Gasteiger partial charge on any atom is 0.362 e. The Kier molecular flexibility index (Phi) is 4.02. The molecule has 4 nitrogen and oxygen atoms in total. The number of rotatable bonds is 3. The molecule has 5 rings (SSSR count). The second kappa shape index (κ2) is 6.59. The summed E-state index contributed by atoms with van der Waals surface area (Å²) < 4.78 is 7.74. The Hall–Kier alpha value is -3.40. The minimum absolute atomic E-state index is 0.340. The summed E-state index contributed by atoms with van der Waals surface area (Å²) in [4.78, 5) is 17.5. The molecule has 4 heteroatoms. The van der Waals surface area contributed by atoms with Gasteiger partial charge in [0.05, 0.1) is 0 Å². The largest absolute Gasteiger partial charge is 0.402 e. The Bertz CT molecular complexity index is 1460. The van der Waals surface area contributed by atoms with Crippen LogP contribution < -0.4 is 5.63 Å². The van der Waals surface area contributed by atoms with Crippen molar-refractivity contribution in [2.45, 2.75) is 33.7 Å². The van der Waals surface area contributed by atoms with E-state index in [1.165, 1.54) is 11.1 Å². The summed E-state index contributed by atoms with van der Waals surface area (Å²) in [7, 11) is 0. The molecular formula is C25H22N2O2. The summed E-state index contributed by atoms with van der Waals surface area (Å²) in [5.74, 6) is 0. The highest BCUT2D eigenvalue weighted by atomic mass is 16.4. The van der Waals surface area contributed by atoms with Crippen molar-refractivity contribution in [3.63, 3.8) is 0 Å². The molecule has 2 aromatic carbocycles. The van der Waals surface area contributed by atoms with Crippen LogP contribution in [0, 0.1) is 13.8 Å². The van der Waals surface area contributed by atoms with Gasteiger partial charge in [-0.2, -0.15) is 0 Å². The molecule has 0 aliphatic carbocycles. The van der Waals surface area contributed by atoms with Gasteiger partial charge in [0.1, 0.15) is 5.52 Å². The Morgan fingerprint density at radius 3 is 2.62 bits per heavy atom. The van der Waals surface area contributed by atoms with Crippen LogP contribution >= 0.6 is 0 Å². The lowest BCUT2D eigenvalue weighted by Gasteiger charge is -2.08. The van der Waals surface area contributed by atoms with Gasteiger partial charge < -0.3 is 8.98 Å². The number of aryl methyl sites for hydroxylation is 3. The Balaban J connectivity index is 1.93. The van der Waals surface area contributed by atoms with E-state index in [1.54, 1.807) is 0 Å². The molecule has 0 fully saturated rings. The monoisotopic (exact) mass is 382 g/mol. The van der Waals surface area contributed by atoms with Gasteiger partial charge in [0.15, 0.2) is 0 Å². The van der Waals surface area contributed by atoms with E-state index in [9.17, 15) is 4.79 Å². The van der Waals surface area contributed by atoms with Gasteiger partial charge in [-0.15, -0.1) is 0 Å². The minimum atomic E-state index is -0.340. The van der Waals surface area contributed by atoms with E-state index in [4.69, 9.17) is 4.42 Å². The van der Waals surface area contributed by atoms with Gasteiger partial charge in [0.2, 0.25) is 5.71 Å². The fourth-order valence-electron chi connectivity index (χ4n) is 4.20. The summed E-state index contributed by atoms with van der Waals surface area (Å²) in [5, 5.41) is 2.89. The quantitative estimate of drug-likeness (QED) is 0.413. The lowest BCUT2D eigenvalue weighted by Crippen LogP contribution is -2.09. The zero-order chi connectivity index (χ0) is 20.1. The Labute approximate surface area is 168 Å². The van der Waals surface area contributed by atoms with Crippen LogP contribution in [0.5, 0.6) is 0 Å². The van der Waals surface area contributed by atoms with Gasteiger partial charge >= 0.3 is 5.63 Å². The number of pyridine rings is 1. The van der Waals surface area contributed by atoms with Gasteiger partial charge in [0, 0.05) is 33.9 Å². The van der Waals surface area contributed by atoms with Crippen molar-refractivity contribution < 1.29 is 4.42 Å². The predicted octanol–water partition coefficient (Wildman–Crippen LogP) is 5.52. The van der Waals surface area contributed by atoms with Crippen molar-refractivity contribution in [2.75, 3.05) is 0 Å². The minimum Gasteiger partial charge on any atom is -0.402 e. The summed E-state index contributed by atoms with van der Waals surface area (Å²) in [6.07, 6.45) is 0.942. The third-order valence-electron chi connectivity index (χ3n) is 5.61. The molecule has 0 bridgehead atoms. The van der Waals surface area contributed by atoms with E-state index in [0.717, 1.165) is 39.4 Å². The second-order valence-electron chi connectivity index (χ2n) is 7.70. The molecule has 144 valence electrons. The number of benzene rings is 2. The molecule has 0 unspecified atom stereocenters. The molecule has 3 heterocycles. The van der Waals surface area contributed by atoms with E-state index in [1.807, 2.05) is 19.1 Å². The van der Waals surface area contributed by atoms with Crippen LogP contribution in [-0.4, -0.2) is 9.55 Å². The molecule has 0 spiro atoms. The van der Waals surface area contributed by atoms with E-state index in [0.29, 0.717) is 17.8 Å². The van der Waals surface area contributed by atoms with E-state index < -0.39 is 0 Å². The zero-order valence-corrected chi connectivity index (χ0v) is 16.8. The molecule has 0 saturated heterocycles. The SMILES string of the molecule is CCc1ccc2c(c1)c1c3ccc(C)nc3oc(=O)c1n2Cc1cccc(C)c1. The first-order valence-electron chi connectivity index (χ1n) is 9.96. The van der Waals surface area contributed by atoms with E-state index in [-0.39, 0.29) is 5.63 Å². The predicted molar refractivity (Wildman–Crippen MR) is 118 cm³/mol. The van der Waals surface area contributed by atoms with Gasteiger partial charge in [0.25, 0.3) is 0 Å². The molecule has 29 heavy (non-hydrogen) atoms. The number of aromatic nitrogens is 2. The summed E-state index contributed by atoms with van der Waals surface area (Å²) >= 11 is 0.